The van der Waals surface area contributed by atoms with Gasteiger partial charge in [0.25, 0.3) is 0 Å². The van der Waals surface area contributed by atoms with Gasteiger partial charge in [0.1, 0.15) is 11.5 Å². The van der Waals surface area contributed by atoms with Crippen LogP contribution in [0.2, 0.25) is 0 Å². The molecule has 0 heterocycles. The molecule has 0 fully saturated rings. The molecule has 3 nitrogen and oxygen atoms in total. The third-order valence-electron chi connectivity index (χ3n) is 3.38. The number of anilines is 1. The number of rotatable bonds is 5. The molecular formula is C21H16BrNO2. The van der Waals surface area contributed by atoms with Crippen molar-refractivity contribution in [1.29, 1.82) is 0 Å². The van der Waals surface area contributed by atoms with E-state index in [4.69, 9.17) is 4.74 Å². The summed E-state index contributed by atoms with van der Waals surface area (Å²) < 4.78 is 6.76. The van der Waals surface area contributed by atoms with Crippen LogP contribution in [0.5, 0.6) is 11.5 Å². The van der Waals surface area contributed by atoms with Crippen LogP contribution in [0.15, 0.2) is 89.4 Å². The molecule has 0 bridgehead atoms. The number of ether oxygens (including phenoxy) is 1. The first-order valence-electron chi connectivity index (χ1n) is 7.77. The Morgan fingerprint density at radius 3 is 2.36 bits per heavy atom. The van der Waals surface area contributed by atoms with Crippen molar-refractivity contribution in [1.82, 2.24) is 0 Å². The Labute approximate surface area is 155 Å². The van der Waals surface area contributed by atoms with E-state index in [9.17, 15) is 4.79 Å². The molecule has 0 unspecified atom stereocenters. The van der Waals surface area contributed by atoms with Gasteiger partial charge in [-0.2, -0.15) is 0 Å². The predicted molar refractivity (Wildman–Crippen MR) is 105 cm³/mol. The number of benzene rings is 3. The number of hydrogen-bond donors (Lipinski definition) is 1. The van der Waals surface area contributed by atoms with Gasteiger partial charge in [0, 0.05) is 16.2 Å². The summed E-state index contributed by atoms with van der Waals surface area (Å²) in [4.78, 5) is 12.0. The van der Waals surface area contributed by atoms with Gasteiger partial charge in [-0.15, -0.1) is 0 Å². The normalized spacial score (nSPS) is 10.6. The zero-order valence-corrected chi connectivity index (χ0v) is 14.9. The summed E-state index contributed by atoms with van der Waals surface area (Å²) in [5.74, 6) is 1.31. The highest BCUT2D eigenvalue weighted by Gasteiger charge is 2.00. The Kier molecular flexibility index (Phi) is 5.65. The molecule has 124 valence electrons. The molecule has 4 heteroatoms. The highest BCUT2D eigenvalue weighted by atomic mass is 79.9. The van der Waals surface area contributed by atoms with Crippen molar-refractivity contribution in [3.05, 3.63) is 95.0 Å². The van der Waals surface area contributed by atoms with E-state index in [1.165, 1.54) is 6.08 Å². The van der Waals surface area contributed by atoms with Crippen molar-refractivity contribution >= 4 is 33.6 Å². The number of para-hydroxylation sites is 1. The molecule has 0 aliphatic rings. The fourth-order valence-corrected chi connectivity index (χ4v) is 2.46. The highest BCUT2D eigenvalue weighted by molar-refractivity contribution is 9.10. The zero-order chi connectivity index (χ0) is 17.5. The highest BCUT2D eigenvalue weighted by Crippen LogP contribution is 2.22. The van der Waals surface area contributed by atoms with E-state index in [0.717, 1.165) is 27.2 Å². The Bertz CT molecular complexity index is 874. The molecule has 3 aromatic rings. The molecule has 3 rings (SSSR count). The number of nitrogens with one attached hydrogen (secondary N) is 1. The standard InChI is InChI=1S/C21H16BrNO2/c22-17-10-12-18(13-11-17)23-21(24)14-9-16-5-4-8-20(15-16)25-19-6-2-1-3-7-19/h1-15H,(H,23,24). The lowest BCUT2D eigenvalue weighted by Crippen LogP contribution is -2.07. The molecular weight excluding hydrogens is 378 g/mol. The summed E-state index contributed by atoms with van der Waals surface area (Å²) in [7, 11) is 0. The van der Waals surface area contributed by atoms with Gasteiger partial charge in [-0.1, -0.05) is 46.3 Å². The van der Waals surface area contributed by atoms with Gasteiger partial charge in [0.15, 0.2) is 0 Å². The maximum atomic E-state index is 12.0. The topological polar surface area (TPSA) is 38.3 Å². The molecule has 0 aliphatic carbocycles. The second-order valence-electron chi connectivity index (χ2n) is 5.32. The van der Waals surface area contributed by atoms with Gasteiger partial charge >= 0.3 is 0 Å². The van der Waals surface area contributed by atoms with E-state index >= 15 is 0 Å². The number of halogens is 1. The van der Waals surface area contributed by atoms with Crippen molar-refractivity contribution in [3.8, 4) is 11.5 Å². The zero-order valence-electron chi connectivity index (χ0n) is 13.4. The Hall–Kier alpha value is -2.85. The first-order chi connectivity index (χ1) is 12.2. The van der Waals surface area contributed by atoms with Gasteiger partial charge in [-0.05, 0) is 60.2 Å². The van der Waals surface area contributed by atoms with Crippen LogP contribution >= 0.6 is 15.9 Å². The molecule has 0 saturated carbocycles. The lowest BCUT2D eigenvalue weighted by Gasteiger charge is -2.06. The lowest BCUT2D eigenvalue weighted by molar-refractivity contribution is -0.111. The Morgan fingerprint density at radius 2 is 1.60 bits per heavy atom. The molecule has 0 aromatic heterocycles. The fraction of sp³-hybridized carbons (Fsp3) is 0. The average Bonchev–Trinajstić information content (AvgIpc) is 2.63. The van der Waals surface area contributed by atoms with Crippen LogP contribution in [-0.4, -0.2) is 5.91 Å². The first kappa shape index (κ1) is 17.0. The van der Waals surface area contributed by atoms with Crippen LogP contribution < -0.4 is 10.1 Å². The van der Waals surface area contributed by atoms with Crippen LogP contribution in [0.1, 0.15) is 5.56 Å². The van der Waals surface area contributed by atoms with Crippen molar-refractivity contribution < 1.29 is 9.53 Å². The minimum atomic E-state index is -0.184. The third kappa shape index (κ3) is 5.33. The van der Waals surface area contributed by atoms with Gasteiger partial charge in [-0.25, -0.2) is 0 Å². The van der Waals surface area contributed by atoms with Crippen LogP contribution in [0.25, 0.3) is 6.08 Å². The Balaban J connectivity index is 1.63. The van der Waals surface area contributed by atoms with Gasteiger partial charge in [-0.3, -0.25) is 4.79 Å². The summed E-state index contributed by atoms with van der Waals surface area (Å²) in [5, 5.41) is 2.82. The first-order valence-corrected chi connectivity index (χ1v) is 8.56. The second-order valence-corrected chi connectivity index (χ2v) is 6.23. The van der Waals surface area contributed by atoms with Gasteiger partial charge in [0.2, 0.25) is 5.91 Å². The molecule has 0 radical (unpaired) electrons. The van der Waals surface area contributed by atoms with E-state index in [1.807, 2.05) is 78.9 Å². The molecule has 3 aromatic carbocycles. The smallest absolute Gasteiger partial charge is 0.248 e. The predicted octanol–water partition coefficient (Wildman–Crippen LogP) is 5.89. The van der Waals surface area contributed by atoms with Crippen LogP contribution in [0, 0.1) is 0 Å². The molecule has 0 spiro atoms. The van der Waals surface area contributed by atoms with Crippen LogP contribution in [0.4, 0.5) is 5.69 Å². The van der Waals surface area contributed by atoms with Crippen LogP contribution in [0.3, 0.4) is 0 Å². The van der Waals surface area contributed by atoms with E-state index in [2.05, 4.69) is 21.2 Å². The summed E-state index contributed by atoms with van der Waals surface area (Å²) in [6, 6.07) is 24.6. The molecule has 0 atom stereocenters. The second kappa shape index (κ2) is 8.31. The number of amides is 1. The maximum Gasteiger partial charge on any atom is 0.248 e. The summed E-state index contributed by atoms with van der Waals surface area (Å²) >= 11 is 3.36. The summed E-state index contributed by atoms with van der Waals surface area (Å²) in [6.45, 7) is 0. The summed E-state index contributed by atoms with van der Waals surface area (Å²) in [5.41, 5.74) is 1.64. The fourth-order valence-electron chi connectivity index (χ4n) is 2.20. The number of carbonyl (C=O) groups excluding carboxylic acids is 1. The molecule has 0 aliphatic heterocycles. The van der Waals surface area contributed by atoms with E-state index < -0.39 is 0 Å². The molecule has 1 N–H and O–H groups in total. The molecule has 0 saturated heterocycles. The van der Waals surface area contributed by atoms with Crippen molar-refractivity contribution in [2.24, 2.45) is 0 Å². The Morgan fingerprint density at radius 1 is 0.880 bits per heavy atom. The number of carbonyl (C=O) groups is 1. The average molecular weight is 394 g/mol. The van der Waals surface area contributed by atoms with Crippen molar-refractivity contribution in [2.75, 3.05) is 5.32 Å². The third-order valence-corrected chi connectivity index (χ3v) is 3.90. The van der Waals surface area contributed by atoms with Gasteiger partial charge < -0.3 is 10.1 Å². The molecule has 25 heavy (non-hydrogen) atoms. The van der Waals surface area contributed by atoms with E-state index in [0.29, 0.717) is 0 Å². The molecule has 1 amide bonds. The maximum absolute atomic E-state index is 12.0. The van der Waals surface area contributed by atoms with Crippen molar-refractivity contribution in [2.45, 2.75) is 0 Å². The van der Waals surface area contributed by atoms with E-state index in [-0.39, 0.29) is 5.91 Å². The van der Waals surface area contributed by atoms with Crippen LogP contribution in [-0.2, 0) is 4.79 Å². The monoisotopic (exact) mass is 393 g/mol. The lowest BCUT2D eigenvalue weighted by atomic mass is 10.2. The SMILES string of the molecule is O=C(C=Cc1cccc(Oc2ccccc2)c1)Nc1ccc(Br)cc1. The minimum absolute atomic E-state index is 0.184. The quantitative estimate of drug-likeness (QED) is 0.548. The summed E-state index contributed by atoms with van der Waals surface area (Å²) in [6.07, 6.45) is 3.26. The minimum Gasteiger partial charge on any atom is -0.457 e. The number of hydrogen-bond acceptors (Lipinski definition) is 2. The van der Waals surface area contributed by atoms with Gasteiger partial charge in [0.05, 0.1) is 0 Å². The van der Waals surface area contributed by atoms with Crippen molar-refractivity contribution in [3.63, 3.8) is 0 Å². The largest absolute Gasteiger partial charge is 0.457 e. The van der Waals surface area contributed by atoms with E-state index in [1.54, 1.807) is 6.08 Å².